The third-order valence-electron chi connectivity index (χ3n) is 6.73. The highest BCUT2D eigenvalue weighted by Gasteiger charge is 2.19. The van der Waals surface area contributed by atoms with Crippen LogP contribution in [-0.2, 0) is 0 Å². The number of nitrogens with one attached hydrogen (secondary N) is 2. The maximum atomic E-state index is 13.8. The van der Waals surface area contributed by atoms with E-state index in [1.807, 2.05) is 67.7 Å². The van der Waals surface area contributed by atoms with Crippen LogP contribution in [0.25, 0.3) is 22.2 Å². The first-order chi connectivity index (χ1) is 17.5. The van der Waals surface area contributed by atoms with E-state index in [1.165, 1.54) is 5.57 Å². The Balaban J connectivity index is 1.69. The first-order valence-corrected chi connectivity index (χ1v) is 12.6. The van der Waals surface area contributed by atoms with Gasteiger partial charge in [-0.3, -0.25) is 9.36 Å². The lowest BCUT2D eigenvalue weighted by molar-refractivity contribution is 0.632. The number of halogens is 1. The van der Waals surface area contributed by atoms with Crippen LogP contribution >= 0.6 is 11.6 Å². The Bertz CT molecular complexity index is 1650. The topological polar surface area (TPSA) is 58.4 Å². The molecular weight excluding hydrogens is 468 g/mol. The van der Waals surface area contributed by atoms with E-state index in [-0.39, 0.29) is 11.6 Å². The molecule has 0 saturated heterocycles. The molecule has 0 amide bonds. The van der Waals surface area contributed by atoms with Gasteiger partial charge < -0.3 is 10.6 Å². The lowest BCUT2D eigenvalue weighted by Gasteiger charge is -2.24. The van der Waals surface area contributed by atoms with E-state index in [0.29, 0.717) is 10.4 Å². The maximum absolute atomic E-state index is 13.8. The molecule has 5 nitrogen and oxygen atoms in total. The number of nitrogens with zero attached hydrogens (tertiary/aromatic N) is 2. The van der Waals surface area contributed by atoms with Crippen LogP contribution in [0.2, 0.25) is 5.02 Å². The minimum atomic E-state index is -0.156. The number of aromatic nitrogens is 1. The SMILES string of the molecule is CNC1=C(\C)CC/C(N[C@@H](C)c2cc3cccc(Cl)c3c(=O)n2-c2ccccc2)=c2/cccc/c2=N/1. The number of benzene rings is 3. The average molecular weight is 497 g/mol. The highest BCUT2D eigenvalue weighted by molar-refractivity contribution is 6.35. The van der Waals surface area contributed by atoms with Gasteiger partial charge in [0, 0.05) is 29.3 Å². The molecule has 1 aliphatic rings. The normalized spacial score (nSPS) is 18.9. The fourth-order valence-electron chi connectivity index (χ4n) is 4.86. The molecule has 1 aliphatic heterocycles. The molecule has 0 spiro atoms. The fourth-order valence-corrected chi connectivity index (χ4v) is 5.13. The molecule has 1 aromatic heterocycles. The monoisotopic (exact) mass is 496 g/mol. The van der Waals surface area contributed by atoms with Crippen molar-refractivity contribution in [3.8, 4) is 5.69 Å². The van der Waals surface area contributed by atoms with Crippen LogP contribution in [0.3, 0.4) is 0 Å². The Morgan fingerprint density at radius 2 is 1.72 bits per heavy atom. The molecule has 3 aromatic carbocycles. The first-order valence-electron chi connectivity index (χ1n) is 12.2. The Morgan fingerprint density at radius 1 is 0.972 bits per heavy atom. The fraction of sp³-hybridized carbons (Fsp3) is 0.200. The number of hydrogen-bond donors (Lipinski definition) is 2. The zero-order chi connectivity index (χ0) is 25.2. The van der Waals surface area contributed by atoms with Crippen molar-refractivity contribution in [2.45, 2.75) is 32.7 Å². The number of fused-ring (bicyclic) bond motifs is 2. The molecule has 0 aliphatic carbocycles. The van der Waals surface area contributed by atoms with E-state index in [0.717, 1.165) is 51.7 Å². The van der Waals surface area contributed by atoms with Crippen LogP contribution in [0, 0.1) is 0 Å². The summed E-state index contributed by atoms with van der Waals surface area (Å²) in [5, 5.41) is 10.8. The zero-order valence-corrected chi connectivity index (χ0v) is 21.4. The second kappa shape index (κ2) is 10.0. The van der Waals surface area contributed by atoms with Gasteiger partial charge in [-0.05, 0) is 68.0 Å². The molecular formula is C30H29ClN4O. The summed E-state index contributed by atoms with van der Waals surface area (Å²) in [6.07, 6.45) is 1.71. The summed E-state index contributed by atoms with van der Waals surface area (Å²) in [6, 6.07) is 25.4. The van der Waals surface area contributed by atoms with E-state index in [2.05, 4.69) is 36.6 Å². The van der Waals surface area contributed by atoms with Gasteiger partial charge in [-0.1, -0.05) is 60.1 Å². The van der Waals surface area contributed by atoms with E-state index < -0.39 is 0 Å². The van der Waals surface area contributed by atoms with Gasteiger partial charge in [-0.2, -0.15) is 0 Å². The molecule has 0 radical (unpaired) electrons. The summed E-state index contributed by atoms with van der Waals surface area (Å²) < 4.78 is 1.77. The molecule has 182 valence electrons. The van der Waals surface area contributed by atoms with Crippen LogP contribution < -0.4 is 26.8 Å². The zero-order valence-electron chi connectivity index (χ0n) is 20.7. The average Bonchev–Trinajstić information content (AvgIpc) is 2.89. The standard InChI is InChI=1S/C30H29ClN4O/c1-19-16-17-26(23-13-7-8-15-25(23)34-29(19)32-3)33-20(2)27-18-21-10-9-14-24(31)28(21)30(36)35(27)22-11-5-4-6-12-22/h4-15,18,20,32-33H,16-17H2,1-3H3/b26-23+,29-19+,34-25-/t20-/m0/s1. The minimum Gasteiger partial charge on any atom is -0.380 e. The molecule has 0 fully saturated rings. The van der Waals surface area contributed by atoms with Crippen molar-refractivity contribution in [1.29, 1.82) is 0 Å². The van der Waals surface area contributed by atoms with Gasteiger partial charge in [0.2, 0.25) is 0 Å². The molecule has 1 atom stereocenters. The van der Waals surface area contributed by atoms with Crippen molar-refractivity contribution in [3.63, 3.8) is 0 Å². The Labute approximate surface area is 215 Å². The van der Waals surface area contributed by atoms with Crippen LogP contribution in [0.15, 0.2) is 100 Å². The van der Waals surface area contributed by atoms with Crippen LogP contribution in [0.5, 0.6) is 0 Å². The minimum absolute atomic E-state index is 0.122. The summed E-state index contributed by atoms with van der Waals surface area (Å²) in [5.41, 5.74) is 3.87. The number of pyridine rings is 1. The van der Waals surface area contributed by atoms with Gasteiger partial charge in [-0.15, -0.1) is 0 Å². The molecule has 0 unspecified atom stereocenters. The van der Waals surface area contributed by atoms with Crippen molar-refractivity contribution in [1.82, 2.24) is 15.2 Å². The predicted octanol–water partition coefficient (Wildman–Crippen LogP) is 4.97. The summed E-state index contributed by atoms with van der Waals surface area (Å²) in [6.45, 7) is 4.21. The van der Waals surface area contributed by atoms with Crippen LogP contribution in [0.4, 0.5) is 0 Å². The molecule has 4 aromatic rings. The van der Waals surface area contributed by atoms with Crippen molar-refractivity contribution in [3.05, 3.63) is 122 Å². The van der Waals surface area contributed by atoms with Gasteiger partial charge >= 0.3 is 0 Å². The van der Waals surface area contributed by atoms with Crippen LogP contribution in [-0.4, -0.2) is 11.6 Å². The van der Waals surface area contributed by atoms with Gasteiger partial charge in [-0.25, -0.2) is 4.99 Å². The van der Waals surface area contributed by atoms with E-state index >= 15 is 0 Å². The summed E-state index contributed by atoms with van der Waals surface area (Å²) in [5.74, 6) is 0.916. The van der Waals surface area contributed by atoms with Gasteiger partial charge in [0.25, 0.3) is 5.56 Å². The van der Waals surface area contributed by atoms with E-state index in [1.54, 1.807) is 10.6 Å². The molecule has 2 heterocycles. The molecule has 36 heavy (non-hydrogen) atoms. The number of allylic oxidation sites excluding steroid dienone is 1. The van der Waals surface area contributed by atoms with Crippen molar-refractivity contribution in [2.75, 3.05) is 7.05 Å². The molecule has 5 rings (SSSR count). The van der Waals surface area contributed by atoms with Crippen LogP contribution in [0.1, 0.15) is 38.4 Å². The number of hydrogen-bond acceptors (Lipinski definition) is 4. The second-order valence-electron chi connectivity index (χ2n) is 9.10. The Hall–Kier alpha value is -3.83. The third kappa shape index (κ3) is 4.42. The highest BCUT2D eigenvalue weighted by atomic mass is 35.5. The molecule has 0 bridgehead atoms. The lowest BCUT2D eigenvalue weighted by Crippen LogP contribution is -2.36. The summed E-state index contributed by atoms with van der Waals surface area (Å²) in [7, 11) is 1.91. The van der Waals surface area contributed by atoms with Crippen molar-refractivity contribution in [2.24, 2.45) is 4.99 Å². The summed E-state index contributed by atoms with van der Waals surface area (Å²) >= 11 is 6.48. The third-order valence-corrected chi connectivity index (χ3v) is 7.04. The molecule has 2 N–H and O–H groups in total. The first kappa shape index (κ1) is 23.9. The summed E-state index contributed by atoms with van der Waals surface area (Å²) in [4.78, 5) is 18.7. The molecule has 0 saturated carbocycles. The molecule has 6 heteroatoms. The quantitative estimate of drug-likeness (QED) is 0.410. The highest BCUT2D eigenvalue weighted by Crippen LogP contribution is 2.26. The predicted molar refractivity (Wildman–Crippen MR) is 148 cm³/mol. The van der Waals surface area contributed by atoms with E-state index in [9.17, 15) is 4.79 Å². The lowest BCUT2D eigenvalue weighted by atomic mass is 10.0. The Morgan fingerprint density at radius 3 is 2.50 bits per heavy atom. The van der Waals surface area contributed by atoms with Gasteiger partial charge in [0.15, 0.2) is 0 Å². The van der Waals surface area contributed by atoms with Crippen molar-refractivity contribution < 1.29 is 0 Å². The Kier molecular flexibility index (Phi) is 6.66. The number of rotatable bonds is 5. The van der Waals surface area contributed by atoms with Gasteiger partial charge in [0.1, 0.15) is 5.82 Å². The second-order valence-corrected chi connectivity index (χ2v) is 9.51. The smallest absolute Gasteiger partial charge is 0.264 e. The maximum Gasteiger partial charge on any atom is 0.264 e. The van der Waals surface area contributed by atoms with Crippen molar-refractivity contribution >= 4 is 28.1 Å². The van der Waals surface area contributed by atoms with Gasteiger partial charge in [0.05, 0.1) is 21.8 Å². The number of para-hydroxylation sites is 2. The largest absolute Gasteiger partial charge is 0.380 e. The van der Waals surface area contributed by atoms with E-state index in [4.69, 9.17) is 16.6 Å².